The van der Waals surface area contributed by atoms with E-state index in [1.54, 1.807) is 14.0 Å². The average molecular weight is 186 g/mol. The summed E-state index contributed by atoms with van der Waals surface area (Å²) in [5.41, 5.74) is 5.44. The highest BCUT2D eigenvalue weighted by Crippen LogP contribution is 2.21. The molecular formula is C9H18N2O2. The molecule has 76 valence electrons. The minimum atomic E-state index is -0.415. The topological polar surface area (TPSA) is 64.3 Å². The monoisotopic (exact) mass is 186 g/mol. The van der Waals surface area contributed by atoms with Crippen LogP contribution in [0, 0.1) is 0 Å². The molecule has 4 nitrogen and oxygen atoms in total. The van der Waals surface area contributed by atoms with Crippen molar-refractivity contribution in [1.82, 2.24) is 5.32 Å². The van der Waals surface area contributed by atoms with Gasteiger partial charge >= 0.3 is 0 Å². The molecule has 1 rings (SSSR count). The highest BCUT2D eigenvalue weighted by molar-refractivity contribution is 5.81. The lowest BCUT2D eigenvalue weighted by Crippen LogP contribution is -2.43. The Balaban J connectivity index is 2.28. The second-order valence-corrected chi connectivity index (χ2v) is 3.66. The molecule has 4 heteroatoms. The minimum Gasteiger partial charge on any atom is -0.381 e. The van der Waals surface area contributed by atoms with Crippen LogP contribution < -0.4 is 11.1 Å². The number of methoxy groups -OCH3 is 1. The van der Waals surface area contributed by atoms with Gasteiger partial charge < -0.3 is 15.8 Å². The predicted octanol–water partition coefficient (Wildman–Crippen LogP) is 0.0173. The van der Waals surface area contributed by atoms with Crippen LogP contribution in [0.2, 0.25) is 0 Å². The van der Waals surface area contributed by atoms with Crippen molar-refractivity contribution in [3.63, 3.8) is 0 Å². The molecule has 1 aliphatic rings. The fourth-order valence-electron chi connectivity index (χ4n) is 1.62. The maximum atomic E-state index is 11.2. The van der Waals surface area contributed by atoms with Crippen LogP contribution in [-0.2, 0) is 9.53 Å². The van der Waals surface area contributed by atoms with E-state index in [0.717, 1.165) is 19.3 Å². The van der Waals surface area contributed by atoms with Crippen LogP contribution in [0.25, 0.3) is 0 Å². The maximum Gasteiger partial charge on any atom is 0.236 e. The predicted molar refractivity (Wildman–Crippen MR) is 50.2 cm³/mol. The van der Waals surface area contributed by atoms with Gasteiger partial charge in [0.05, 0.1) is 12.1 Å². The summed E-state index contributed by atoms with van der Waals surface area (Å²) in [4.78, 5) is 11.2. The molecule has 0 bridgehead atoms. The first-order valence-electron chi connectivity index (χ1n) is 4.72. The van der Waals surface area contributed by atoms with E-state index in [1.165, 1.54) is 0 Å². The highest BCUT2D eigenvalue weighted by Gasteiger charge is 2.26. The molecule has 0 aromatic heterocycles. The first-order chi connectivity index (χ1) is 6.13. The highest BCUT2D eigenvalue weighted by atomic mass is 16.5. The molecule has 1 aliphatic carbocycles. The molecule has 1 fully saturated rings. The van der Waals surface area contributed by atoms with Gasteiger partial charge in [-0.3, -0.25) is 4.79 Å². The van der Waals surface area contributed by atoms with Crippen molar-refractivity contribution in [1.29, 1.82) is 0 Å². The summed E-state index contributed by atoms with van der Waals surface area (Å²) in [5, 5.41) is 2.90. The quantitative estimate of drug-likeness (QED) is 0.653. The van der Waals surface area contributed by atoms with Crippen molar-refractivity contribution in [3.05, 3.63) is 0 Å². The summed E-state index contributed by atoms with van der Waals surface area (Å²) in [6, 6.07) is -0.162. The van der Waals surface area contributed by atoms with Gasteiger partial charge in [0.1, 0.15) is 0 Å². The Bertz CT molecular complexity index is 182. The molecule has 3 atom stereocenters. The molecule has 3 N–H and O–H groups in total. The lowest BCUT2D eigenvalue weighted by molar-refractivity contribution is -0.122. The number of hydrogen-bond donors (Lipinski definition) is 2. The SMILES string of the molecule is COC1CCC(NC(=O)C(C)N)C1. The molecule has 0 aliphatic heterocycles. The Morgan fingerprint density at radius 1 is 1.62 bits per heavy atom. The first kappa shape index (κ1) is 10.5. The number of carbonyl (C=O) groups excluding carboxylic acids is 1. The van der Waals surface area contributed by atoms with Gasteiger partial charge in [0.2, 0.25) is 5.91 Å². The standard InChI is InChI=1S/C9H18N2O2/c1-6(10)9(12)11-7-3-4-8(5-7)13-2/h6-8H,3-5,10H2,1-2H3,(H,11,12). The van der Waals surface area contributed by atoms with Crippen LogP contribution in [0.15, 0.2) is 0 Å². The van der Waals surface area contributed by atoms with Gasteiger partial charge in [0.15, 0.2) is 0 Å². The van der Waals surface area contributed by atoms with Crippen LogP contribution in [0.5, 0.6) is 0 Å². The van der Waals surface area contributed by atoms with E-state index in [1.807, 2.05) is 0 Å². The molecule has 1 saturated carbocycles. The third-order valence-electron chi connectivity index (χ3n) is 2.48. The summed E-state index contributed by atoms with van der Waals surface area (Å²) < 4.78 is 5.20. The van der Waals surface area contributed by atoms with Crippen molar-refractivity contribution >= 4 is 5.91 Å². The van der Waals surface area contributed by atoms with Crippen molar-refractivity contribution in [2.24, 2.45) is 5.73 Å². The molecule has 0 heterocycles. The molecule has 1 amide bonds. The molecular weight excluding hydrogens is 168 g/mol. The second kappa shape index (κ2) is 4.58. The van der Waals surface area contributed by atoms with Crippen molar-refractivity contribution in [3.8, 4) is 0 Å². The smallest absolute Gasteiger partial charge is 0.236 e. The van der Waals surface area contributed by atoms with E-state index < -0.39 is 6.04 Å². The van der Waals surface area contributed by atoms with E-state index in [-0.39, 0.29) is 11.9 Å². The lowest BCUT2D eigenvalue weighted by Gasteiger charge is -2.14. The van der Waals surface area contributed by atoms with Gasteiger partial charge in [-0.25, -0.2) is 0 Å². The number of nitrogens with two attached hydrogens (primary N) is 1. The van der Waals surface area contributed by atoms with Crippen LogP contribution in [-0.4, -0.2) is 31.2 Å². The fourth-order valence-corrected chi connectivity index (χ4v) is 1.62. The van der Waals surface area contributed by atoms with E-state index in [2.05, 4.69) is 5.32 Å². The van der Waals surface area contributed by atoms with Crippen LogP contribution in [0.1, 0.15) is 26.2 Å². The van der Waals surface area contributed by atoms with E-state index >= 15 is 0 Å². The molecule has 3 unspecified atom stereocenters. The summed E-state index contributed by atoms with van der Waals surface area (Å²) in [6.45, 7) is 1.69. The first-order valence-corrected chi connectivity index (χ1v) is 4.72. The van der Waals surface area contributed by atoms with Gasteiger partial charge in [0, 0.05) is 13.2 Å². The Hall–Kier alpha value is -0.610. The number of hydrogen-bond acceptors (Lipinski definition) is 3. The van der Waals surface area contributed by atoms with E-state index in [0.29, 0.717) is 6.10 Å². The van der Waals surface area contributed by atoms with Gasteiger partial charge in [-0.15, -0.1) is 0 Å². The number of carbonyl (C=O) groups is 1. The van der Waals surface area contributed by atoms with Crippen molar-refractivity contribution in [2.45, 2.75) is 44.4 Å². The minimum absolute atomic E-state index is 0.0678. The Kier molecular flexibility index (Phi) is 3.69. The van der Waals surface area contributed by atoms with Gasteiger partial charge in [0.25, 0.3) is 0 Å². The molecule has 0 aromatic rings. The zero-order chi connectivity index (χ0) is 9.84. The van der Waals surface area contributed by atoms with Crippen LogP contribution in [0.3, 0.4) is 0 Å². The van der Waals surface area contributed by atoms with Gasteiger partial charge in [-0.1, -0.05) is 0 Å². The van der Waals surface area contributed by atoms with Crippen LogP contribution in [0.4, 0.5) is 0 Å². The second-order valence-electron chi connectivity index (χ2n) is 3.66. The van der Waals surface area contributed by atoms with E-state index in [9.17, 15) is 4.79 Å². The lowest BCUT2D eigenvalue weighted by atomic mass is 10.2. The summed E-state index contributed by atoms with van der Waals surface area (Å²) in [5.74, 6) is -0.0678. The van der Waals surface area contributed by atoms with Crippen molar-refractivity contribution < 1.29 is 9.53 Å². The Morgan fingerprint density at radius 2 is 2.31 bits per heavy atom. The van der Waals surface area contributed by atoms with E-state index in [4.69, 9.17) is 10.5 Å². The van der Waals surface area contributed by atoms with Gasteiger partial charge in [-0.2, -0.15) is 0 Å². The number of nitrogens with one attached hydrogen (secondary N) is 1. The summed E-state index contributed by atoms with van der Waals surface area (Å²) in [7, 11) is 1.71. The zero-order valence-electron chi connectivity index (χ0n) is 8.25. The largest absolute Gasteiger partial charge is 0.381 e. The molecule has 0 aromatic carbocycles. The Labute approximate surface area is 78.8 Å². The third kappa shape index (κ3) is 2.97. The molecule has 0 radical (unpaired) electrons. The number of ether oxygens (including phenoxy) is 1. The van der Waals surface area contributed by atoms with Crippen molar-refractivity contribution in [2.75, 3.05) is 7.11 Å². The molecule has 0 spiro atoms. The Morgan fingerprint density at radius 3 is 2.77 bits per heavy atom. The summed E-state index contributed by atoms with van der Waals surface area (Å²) >= 11 is 0. The van der Waals surface area contributed by atoms with Crippen LogP contribution >= 0.6 is 0 Å². The molecule has 13 heavy (non-hydrogen) atoms. The number of rotatable bonds is 3. The average Bonchev–Trinajstić information content (AvgIpc) is 2.52. The summed E-state index contributed by atoms with van der Waals surface area (Å²) in [6.07, 6.45) is 3.24. The fraction of sp³-hybridized carbons (Fsp3) is 0.889. The number of amides is 1. The normalized spacial score (nSPS) is 30.1. The van der Waals surface area contributed by atoms with Gasteiger partial charge in [-0.05, 0) is 26.2 Å². The third-order valence-corrected chi connectivity index (χ3v) is 2.48. The zero-order valence-corrected chi connectivity index (χ0v) is 8.25. The molecule has 0 saturated heterocycles. The maximum absolute atomic E-state index is 11.2.